The van der Waals surface area contributed by atoms with E-state index in [9.17, 15) is 4.79 Å². The molecule has 0 amide bonds. The number of hydrogen-bond donors (Lipinski definition) is 0. The Hall–Kier alpha value is -0.630. The van der Waals surface area contributed by atoms with Gasteiger partial charge < -0.3 is 9.53 Å². The van der Waals surface area contributed by atoms with Gasteiger partial charge in [0.2, 0.25) is 0 Å². The van der Waals surface area contributed by atoms with Crippen molar-refractivity contribution < 1.29 is 9.53 Å². The summed E-state index contributed by atoms with van der Waals surface area (Å²) in [7, 11) is 0. The average Bonchev–Trinajstić information content (AvgIpc) is 3.19. The van der Waals surface area contributed by atoms with Crippen LogP contribution in [0.3, 0.4) is 0 Å². The molecular weight excluding hydrogens is 260 g/mol. The molecule has 2 nitrogen and oxygen atoms in total. The fraction of sp³-hybridized carbons (Fsp3) is 0.842. The first-order valence-corrected chi connectivity index (χ1v) is 9.04. The number of Topliss-reactive ketones (excluding diaryl/α,β-unsaturated/α-hetero) is 1. The van der Waals surface area contributed by atoms with Gasteiger partial charge in [-0.3, -0.25) is 0 Å². The van der Waals surface area contributed by atoms with E-state index in [0.29, 0.717) is 18.0 Å². The van der Waals surface area contributed by atoms with Crippen molar-refractivity contribution in [3.05, 3.63) is 12.2 Å². The van der Waals surface area contributed by atoms with Gasteiger partial charge in [-0.05, 0) is 39.0 Å². The lowest BCUT2D eigenvalue weighted by atomic mass is 10.1. The van der Waals surface area contributed by atoms with Crippen LogP contribution in [0.25, 0.3) is 0 Å². The van der Waals surface area contributed by atoms with Gasteiger partial charge in [0.05, 0.1) is 12.2 Å². The third-order valence-corrected chi connectivity index (χ3v) is 4.21. The molecule has 21 heavy (non-hydrogen) atoms. The van der Waals surface area contributed by atoms with E-state index in [1.165, 1.54) is 57.8 Å². The lowest BCUT2D eigenvalue weighted by Gasteiger charge is -1.98. The van der Waals surface area contributed by atoms with Crippen LogP contribution >= 0.6 is 0 Å². The van der Waals surface area contributed by atoms with Crippen molar-refractivity contribution in [3.63, 3.8) is 0 Å². The van der Waals surface area contributed by atoms with Crippen LogP contribution in [-0.4, -0.2) is 18.0 Å². The molecule has 0 radical (unpaired) electrons. The Kier molecular flexibility index (Phi) is 10.5. The topological polar surface area (TPSA) is 29.6 Å². The highest BCUT2D eigenvalue weighted by atomic mass is 16.6. The second-order valence-electron chi connectivity index (χ2n) is 6.42. The lowest BCUT2D eigenvalue weighted by Crippen LogP contribution is -1.92. The van der Waals surface area contributed by atoms with Crippen LogP contribution in [-0.2, 0) is 9.53 Å². The van der Waals surface area contributed by atoms with Crippen LogP contribution in [0.1, 0.15) is 90.9 Å². The minimum absolute atomic E-state index is 0.327. The zero-order valence-corrected chi connectivity index (χ0v) is 14.1. The zero-order chi connectivity index (χ0) is 15.3. The Balaban J connectivity index is 1.81. The fourth-order valence-electron chi connectivity index (χ4n) is 2.75. The van der Waals surface area contributed by atoms with E-state index in [4.69, 9.17) is 4.74 Å². The summed E-state index contributed by atoms with van der Waals surface area (Å²) < 4.78 is 5.68. The molecule has 0 aromatic carbocycles. The summed E-state index contributed by atoms with van der Waals surface area (Å²) in [4.78, 5) is 10.8. The van der Waals surface area contributed by atoms with Crippen molar-refractivity contribution in [1.82, 2.24) is 0 Å². The molecule has 0 aliphatic carbocycles. The van der Waals surface area contributed by atoms with Crippen LogP contribution in [0, 0.1) is 0 Å². The average molecular weight is 294 g/mol. The fourth-order valence-corrected chi connectivity index (χ4v) is 2.75. The highest BCUT2D eigenvalue weighted by Crippen LogP contribution is 2.30. The third kappa shape index (κ3) is 10.7. The Bertz CT molecular complexity index is 296. The Labute approximate surface area is 131 Å². The van der Waals surface area contributed by atoms with Gasteiger partial charge in [0.15, 0.2) is 0 Å². The van der Waals surface area contributed by atoms with E-state index in [1.54, 1.807) is 6.92 Å². The van der Waals surface area contributed by atoms with Crippen LogP contribution < -0.4 is 0 Å². The number of carbonyl (C=O) groups is 1. The van der Waals surface area contributed by atoms with Gasteiger partial charge in [0.25, 0.3) is 0 Å². The molecule has 122 valence electrons. The van der Waals surface area contributed by atoms with Crippen molar-refractivity contribution in [2.24, 2.45) is 0 Å². The van der Waals surface area contributed by atoms with Gasteiger partial charge in [-0.1, -0.05) is 57.6 Å². The predicted molar refractivity (Wildman–Crippen MR) is 89.6 cm³/mol. The van der Waals surface area contributed by atoms with Crippen LogP contribution in [0.15, 0.2) is 12.2 Å². The van der Waals surface area contributed by atoms with Crippen LogP contribution in [0.4, 0.5) is 0 Å². The lowest BCUT2D eigenvalue weighted by molar-refractivity contribution is -0.117. The second-order valence-corrected chi connectivity index (χ2v) is 6.42. The van der Waals surface area contributed by atoms with Crippen molar-refractivity contribution in [2.45, 2.75) is 103 Å². The van der Waals surface area contributed by atoms with E-state index < -0.39 is 0 Å². The molecule has 1 aliphatic heterocycles. The van der Waals surface area contributed by atoms with Gasteiger partial charge in [-0.2, -0.15) is 0 Å². The molecule has 1 fully saturated rings. The van der Waals surface area contributed by atoms with Gasteiger partial charge in [-0.15, -0.1) is 0 Å². The molecule has 1 rings (SSSR count). The smallest absolute Gasteiger partial charge is 0.129 e. The quantitative estimate of drug-likeness (QED) is 0.237. The number of epoxide rings is 1. The molecule has 2 heteroatoms. The van der Waals surface area contributed by atoms with Gasteiger partial charge >= 0.3 is 0 Å². The maximum Gasteiger partial charge on any atom is 0.129 e. The summed E-state index contributed by atoms with van der Waals surface area (Å²) in [5.74, 6) is 0.327. The van der Waals surface area contributed by atoms with Crippen molar-refractivity contribution in [3.8, 4) is 0 Å². The van der Waals surface area contributed by atoms with E-state index >= 15 is 0 Å². The van der Waals surface area contributed by atoms with E-state index in [0.717, 1.165) is 19.3 Å². The van der Waals surface area contributed by atoms with E-state index in [-0.39, 0.29) is 0 Å². The number of carbonyl (C=O) groups excluding carboxylic acids is 1. The minimum Gasteiger partial charge on any atom is -0.369 e. The van der Waals surface area contributed by atoms with E-state index in [1.807, 2.05) is 0 Å². The normalized spacial score (nSPS) is 21.0. The number of allylic oxidation sites excluding steroid dienone is 1. The number of ether oxygens (including phenoxy) is 1. The molecule has 0 N–H and O–H groups in total. The van der Waals surface area contributed by atoms with Gasteiger partial charge in [-0.25, -0.2) is 0 Å². The summed E-state index contributed by atoms with van der Waals surface area (Å²) >= 11 is 0. The van der Waals surface area contributed by atoms with Crippen LogP contribution in [0.2, 0.25) is 0 Å². The summed E-state index contributed by atoms with van der Waals surface area (Å²) in [6.45, 7) is 3.93. The molecule has 1 aliphatic rings. The van der Waals surface area contributed by atoms with Crippen molar-refractivity contribution >= 4 is 5.78 Å². The van der Waals surface area contributed by atoms with Gasteiger partial charge in [0, 0.05) is 6.42 Å². The number of unbranched alkanes of at least 4 members (excludes halogenated alkanes) is 7. The number of ketones is 1. The summed E-state index contributed by atoms with van der Waals surface area (Å²) in [6.07, 6.45) is 20.1. The molecule has 0 aromatic rings. The Morgan fingerprint density at radius 3 is 2.48 bits per heavy atom. The molecule has 1 heterocycles. The minimum atomic E-state index is 0.327. The maximum atomic E-state index is 10.8. The SMILES string of the molecule is CCCCCC1OC1CC=CCCCCCCCC(C)=O. The summed E-state index contributed by atoms with van der Waals surface area (Å²) in [6, 6.07) is 0. The molecule has 2 atom stereocenters. The molecule has 0 aromatic heterocycles. The molecular formula is C19H34O2. The molecule has 0 spiro atoms. The molecule has 0 bridgehead atoms. The molecule has 1 saturated heterocycles. The molecule has 2 unspecified atom stereocenters. The van der Waals surface area contributed by atoms with Crippen molar-refractivity contribution in [1.29, 1.82) is 0 Å². The molecule has 0 saturated carbocycles. The second kappa shape index (κ2) is 12.0. The summed E-state index contributed by atoms with van der Waals surface area (Å²) in [5.41, 5.74) is 0. The van der Waals surface area contributed by atoms with E-state index in [2.05, 4.69) is 19.1 Å². The zero-order valence-electron chi connectivity index (χ0n) is 14.1. The Morgan fingerprint density at radius 2 is 1.71 bits per heavy atom. The first kappa shape index (κ1) is 18.4. The third-order valence-electron chi connectivity index (χ3n) is 4.21. The predicted octanol–water partition coefficient (Wildman–Crippen LogP) is 5.60. The standard InChI is InChI=1S/C19H34O2/c1-3-4-11-15-18-19(21-18)16-13-10-8-6-5-7-9-12-14-17(2)20/h10,13,18-19H,3-9,11-12,14-16H2,1-2H3. The van der Waals surface area contributed by atoms with Crippen molar-refractivity contribution in [2.75, 3.05) is 0 Å². The first-order valence-electron chi connectivity index (χ1n) is 9.04. The maximum absolute atomic E-state index is 10.8. The van der Waals surface area contributed by atoms with Gasteiger partial charge in [0.1, 0.15) is 5.78 Å². The first-order chi connectivity index (χ1) is 10.2. The largest absolute Gasteiger partial charge is 0.369 e. The number of hydrogen-bond acceptors (Lipinski definition) is 2. The van der Waals surface area contributed by atoms with Crippen LogP contribution in [0.5, 0.6) is 0 Å². The number of rotatable bonds is 14. The Morgan fingerprint density at radius 1 is 0.952 bits per heavy atom. The monoisotopic (exact) mass is 294 g/mol. The highest BCUT2D eigenvalue weighted by Gasteiger charge is 2.36. The summed E-state index contributed by atoms with van der Waals surface area (Å²) in [5, 5.41) is 0. The highest BCUT2D eigenvalue weighted by molar-refractivity contribution is 5.75.